The lowest BCUT2D eigenvalue weighted by Crippen LogP contribution is -2.44. The lowest BCUT2D eigenvalue weighted by Gasteiger charge is -2.36. The third-order valence-corrected chi connectivity index (χ3v) is 4.87. The Labute approximate surface area is 155 Å². The molecule has 0 spiro atoms. The summed E-state index contributed by atoms with van der Waals surface area (Å²) in [4.78, 5) is 24.0. The Balaban J connectivity index is 1.93. The normalized spacial score (nSPS) is 18.4. The molecule has 6 nitrogen and oxygen atoms in total. The maximum Gasteiger partial charge on any atom is 0.227 e. The number of aromatic nitrogens is 4. The zero-order chi connectivity index (χ0) is 18.9. The summed E-state index contributed by atoms with van der Waals surface area (Å²) in [5.41, 5.74) is 2.49. The minimum Gasteiger partial charge on any atom is -0.342 e. The first-order valence-corrected chi connectivity index (χ1v) is 9.43. The lowest BCUT2D eigenvalue weighted by molar-refractivity contribution is -0.140. The summed E-state index contributed by atoms with van der Waals surface area (Å²) in [6.45, 7) is 11.7. The molecule has 0 N–H and O–H groups in total. The van der Waals surface area contributed by atoms with Crippen molar-refractivity contribution in [1.82, 2.24) is 24.6 Å². The van der Waals surface area contributed by atoms with Gasteiger partial charge in [0.15, 0.2) is 0 Å². The molecule has 26 heavy (non-hydrogen) atoms. The Morgan fingerprint density at radius 1 is 1.19 bits per heavy atom. The van der Waals surface area contributed by atoms with Crippen LogP contribution in [0.4, 0.5) is 0 Å². The van der Waals surface area contributed by atoms with E-state index in [9.17, 15) is 4.79 Å². The predicted octanol–water partition coefficient (Wildman–Crippen LogP) is 3.67. The number of amides is 1. The SMILES string of the molecule is CC(C)n1nccc1-c1nccnc1[C@H]1CCCN(C(=O)C(C)(C)C)C1. The predicted molar refractivity (Wildman–Crippen MR) is 102 cm³/mol. The Morgan fingerprint density at radius 2 is 1.92 bits per heavy atom. The standard InChI is InChI=1S/C20H29N5O/c1-14(2)25-16(8-9-23-25)18-17(21-10-11-22-18)15-7-6-12-24(13-15)19(26)20(3,4)5/h8-11,14-15H,6-7,12-13H2,1-5H3/t15-/m0/s1. The van der Waals surface area contributed by atoms with Crippen LogP contribution in [0.3, 0.4) is 0 Å². The number of carbonyl (C=O) groups is 1. The summed E-state index contributed by atoms with van der Waals surface area (Å²) >= 11 is 0. The minimum atomic E-state index is -0.358. The monoisotopic (exact) mass is 355 g/mol. The molecule has 1 aliphatic rings. The summed E-state index contributed by atoms with van der Waals surface area (Å²) in [5, 5.41) is 4.44. The summed E-state index contributed by atoms with van der Waals surface area (Å²) in [7, 11) is 0. The zero-order valence-electron chi connectivity index (χ0n) is 16.4. The summed E-state index contributed by atoms with van der Waals surface area (Å²) in [6, 6.07) is 2.24. The van der Waals surface area contributed by atoms with Crippen LogP contribution in [0.5, 0.6) is 0 Å². The molecular weight excluding hydrogens is 326 g/mol. The first-order valence-electron chi connectivity index (χ1n) is 9.43. The number of hydrogen-bond acceptors (Lipinski definition) is 4. The van der Waals surface area contributed by atoms with Crippen molar-refractivity contribution in [2.45, 2.75) is 59.4 Å². The molecular formula is C20H29N5O. The molecule has 0 unspecified atom stereocenters. The van der Waals surface area contributed by atoms with Crippen LogP contribution in [0.25, 0.3) is 11.4 Å². The van der Waals surface area contributed by atoms with Gasteiger partial charge in [0.05, 0.1) is 11.4 Å². The summed E-state index contributed by atoms with van der Waals surface area (Å²) in [5.74, 6) is 0.411. The highest BCUT2D eigenvalue weighted by molar-refractivity contribution is 5.81. The summed E-state index contributed by atoms with van der Waals surface area (Å²) in [6.07, 6.45) is 7.31. The van der Waals surface area contributed by atoms with Gasteiger partial charge in [0, 0.05) is 49.1 Å². The highest BCUT2D eigenvalue weighted by Crippen LogP contribution is 2.33. The van der Waals surface area contributed by atoms with E-state index < -0.39 is 0 Å². The number of likely N-dealkylation sites (tertiary alicyclic amines) is 1. The Hall–Kier alpha value is -2.24. The van der Waals surface area contributed by atoms with Crippen molar-refractivity contribution in [1.29, 1.82) is 0 Å². The molecule has 3 rings (SSSR count). The van der Waals surface area contributed by atoms with Crippen LogP contribution in [-0.2, 0) is 4.79 Å². The Bertz CT molecular complexity index is 775. The van der Waals surface area contributed by atoms with Crippen LogP contribution in [0, 0.1) is 5.41 Å². The van der Waals surface area contributed by atoms with Crippen LogP contribution in [-0.4, -0.2) is 43.6 Å². The van der Waals surface area contributed by atoms with Crippen molar-refractivity contribution in [2.75, 3.05) is 13.1 Å². The van der Waals surface area contributed by atoms with Crippen LogP contribution in [0.2, 0.25) is 0 Å². The van der Waals surface area contributed by atoms with Crippen molar-refractivity contribution < 1.29 is 4.79 Å². The van der Waals surface area contributed by atoms with Crippen LogP contribution < -0.4 is 0 Å². The van der Waals surface area contributed by atoms with Crippen molar-refractivity contribution >= 4 is 5.91 Å². The molecule has 1 aliphatic heterocycles. The van der Waals surface area contributed by atoms with Crippen molar-refractivity contribution in [3.8, 4) is 11.4 Å². The zero-order valence-corrected chi connectivity index (χ0v) is 16.4. The number of piperidine rings is 1. The molecule has 0 saturated carbocycles. The second-order valence-corrected chi connectivity index (χ2v) is 8.39. The molecule has 2 aromatic rings. The van der Waals surface area contributed by atoms with Gasteiger partial charge in [-0.25, -0.2) is 0 Å². The smallest absolute Gasteiger partial charge is 0.227 e. The number of carbonyl (C=O) groups excluding carboxylic acids is 1. The Kier molecular flexibility index (Phi) is 5.12. The maximum absolute atomic E-state index is 12.7. The van der Waals surface area contributed by atoms with E-state index >= 15 is 0 Å². The quantitative estimate of drug-likeness (QED) is 0.842. The van der Waals surface area contributed by atoms with E-state index in [1.807, 2.05) is 42.6 Å². The maximum atomic E-state index is 12.7. The second kappa shape index (κ2) is 7.17. The number of hydrogen-bond donors (Lipinski definition) is 0. The molecule has 1 saturated heterocycles. The largest absolute Gasteiger partial charge is 0.342 e. The van der Waals surface area contributed by atoms with Crippen LogP contribution in [0.15, 0.2) is 24.7 Å². The molecule has 0 aliphatic carbocycles. The number of nitrogens with zero attached hydrogens (tertiary/aromatic N) is 5. The molecule has 6 heteroatoms. The van der Waals surface area contributed by atoms with Crippen LogP contribution in [0.1, 0.15) is 65.1 Å². The van der Waals surface area contributed by atoms with Gasteiger partial charge in [-0.15, -0.1) is 0 Å². The van der Waals surface area contributed by atoms with E-state index in [0.717, 1.165) is 36.5 Å². The highest BCUT2D eigenvalue weighted by atomic mass is 16.2. The minimum absolute atomic E-state index is 0.203. The van der Waals surface area contributed by atoms with E-state index in [1.165, 1.54) is 0 Å². The lowest BCUT2D eigenvalue weighted by atomic mass is 9.89. The van der Waals surface area contributed by atoms with Gasteiger partial charge in [-0.1, -0.05) is 20.8 Å². The molecule has 1 amide bonds. The summed E-state index contributed by atoms with van der Waals surface area (Å²) < 4.78 is 1.98. The van der Waals surface area contributed by atoms with E-state index in [1.54, 1.807) is 12.4 Å². The average molecular weight is 355 g/mol. The van der Waals surface area contributed by atoms with Gasteiger partial charge < -0.3 is 4.90 Å². The molecule has 0 aromatic carbocycles. The molecule has 3 heterocycles. The van der Waals surface area contributed by atoms with E-state index in [4.69, 9.17) is 0 Å². The second-order valence-electron chi connectivity index (χ2n) is 8.39. The fourth-order valence-electron chi connectivity index (χ4n) is 3.62. The fourth-order valence-corrected chi connectivity index (χ4v) is 3.62. The third kappa shape index (κ3) is 3.64. The first-order chi connectivity index (χ1) is 12.3. The van der Waals surface area contributed by atoms with E-state index in [2.05, 4.69) is 28.9 Å². The van der Waals surface area contributed by atoms with E-state index in [-0.39, 0.29) is 23.3 Å². The number of rotatable bonds is 3. The Morgan fingerprint density at radius 3 is 2.62 bits per heavy atom. The molecule has 2 aromatic heterocycles. The van der Waals surface area contributed by atoms with Gasteiger partial charge in [-0.2, -0.15) is 5.10 Å². The first kappa shape index (κ1) is 18.5. The molecule has 0 bridgehead atoms. The average Bonchev–Trinajstić information content (AvgIpc) is 3.10. The van der Waals surface area contributed by atoms with E-state index in [0.29, 0.717) is 6.54 Å². The van der Waals surface area contributed by atoms with Gasteiger partial charge in [0.1, 0.15) is 5.69 Å². The third-order valence-electron chi connectivity index (χ3n) is 4.87. The van der Waals surface area contributed by atoms with Gasteiger partial charge in [0.25, 0.3) is 0 Å². The van der Waals surface area contributed by atoms with Crippen molar-refractivity contribution in [3.63, 3.8) is 0 Å². The van der Waals surface area contributed by atoms with Gasteiger partial charge >= 0.3 is 0 Å². The molecule has 1 atom stereocenters. The van der Waals surface area contributed by atoms with Crippen molar-refractivity contribution in [2.24, 2.45) is 5.41 Å². The fraction of sp³-hybridized carbons (Fsp3) is 0.600. The van der Waals surface area contributed by atoms with Gasteiger partial charge in [-0.05, 0) is 32.8 Å². The molecule has 1 fully saturated rings. The van der Waals surface area contributed by atoms with Gasteiger partial charge in [-0.3, -0.25) is 19.4 Å². The topological polar surface area (TPSA) is 63.9 Å². The highest BCUT2D eigenvalue weighted by Gasteiger charge is 2.33. The van der Waals surface area contributed by atoms with Crippen LogP contribution >= 0.6 is 0 Å². The molecule has 0 radical (unpaired) electrons. The van der Waals surface area contributed by atoms with Gasteiger partial charge in [0.2, 0.25) is 5.91 Å². The molecule has 140 valence electrons. The van der Waals surface area contributed by atoms with Crippen molar-refractivity contribution in [3.05, 3.63) is 30.4 Å².